The molecule has 2 atom stereocenters. The molecule has 22 heavy (non-hydrogen) atoms. The molecule has 0 radical (unpaired) electrons. The fourth-order valence-corrected chi connectivity index (χ4v) is 3.05. The summed E-state index contributed by atoms with van der Waals surface area (Å²) < 4.78 is 39.5. The average molecular weight is 332 g/mol. The molecular weight excluding hydrogens is 311 g/mol. The van der Waals surface area contributed by atoms with E-state index in [-0.39, 0.29) is 17.9 Å². The Morgan fingerprint density at radius 3 is 2.27 bits per heavy atom. The van der Waals surface area contributed by atoms with Crippen molar-refractivity contribution in [2.75, 3.05) is 6.61 Å². The maximum absolute atomic E-state index is 12.9. The van der Waals surface area contributed by atoms with E-state index in [0.717, 1.165) is 24.3 Å². The number of benzene rings is 1. The van der Waals surface area contributed by atoms with Crippen molar-refractivity contribution in [2.45, 2.75) is 43.7 Å². The molecule has 0 bridgehead atoms. The zero-order valence-corrected chi connectivity index (χ0v) is 13.4. The summed E-state index contributed by atoms with van der Waals surface area (Å²) in [7, 11) is -3.92. The highest BCUT2D eigenvalue weighted by Gasteiger charge is 2.25. The van der Waals surface area contributed by atoms with Crippen LogP contribution in [0, 0.1) is 5.82 Å². The number of aliphatic hydroxyl groups excluding tert-OH is 1. The Bertz CT molecular complexity index is 585. The van der Waals surface area contributed by atoms with Crippen LogP contribution in [-0.4, -0.2) is 38.1 Å². The van der Waals surface area contributed by atoms with Gasteiger partial charge in [-0.2, -0.15) is 4.72 Å². The van der Waals surface area contributed by atoms with E-state index < -0.39 is 33.8 Å². The second kappa shape index (κ2) is 8.21. The summed E-state index contributed by atoms with van der Waals surface area (Å²) >= 11 is 0. The number of carbonyl (C=O) groups is 1. The molecular formula is C14H21FN2O4S. The molecule has 1 amide bonds. The van der Waals surface area contributed by atoms with E-state index in [0.29, 0.717) is 6.42 Å². The maximum atomic E-state index is 12.9. The molecule has 0 saturated heterocycles. The number of hydrogen-bond acceptors (Lipinski definition) is 4. The highest BCUT2D eigenvalue weighted by atomic mass is 32.2. The summed E-state index contributed by atoms with van der Waals surface area (Å²) in [6, 6.07) is 2.95. The first-order valence-corrected chi connectivity index (χ1v) is 8.51. The first-order valence-electron chi connectivity index (χ1n) is 7.03. The van der Waals surface area contributed by atoms with E-state index in [1.54, 1.807) is 13.8 Å². The number of amides is 1. The van der Waals surface area contributed by atoms with Crippen molar-refractivity contribution in [3.63, 3.8) is 0 Å². The van der Waals surface area contributed by atoms with Crippen molar-refractivity contribution in [3.05, 3.63) is 30.1 Å². The second-order valence-electron chi connectivity index (χ2n) is 4.83. The van der Waals surface area contributed by atoms with Gasteiger partial charge in [0, 0.05) is 0 Å². The molecule has 1 aromatic rings. The predicted octanol–water partition coefficient (Wildman–Crippen LogP) is 0.770. The Labute approximate surface area is 129 Å². The number of nitrogens with one attached hydrogen (secondary N) is 2. The zero-order chi connectivity index (χ0) is 16.8. The average Bonchev–Trinajstić information content (AvgIpc) is 2.50. The Morgan fingerprint density at radius 1 is 1.23 bits per heavy atom. The van der Waals surface area contributed by atoms with E-state index in [1.807, 2.05) is 0 Å². The first-order chi connectivity index (χ1) is 10.3. The van der Waals surface area contributed by atoms with Gasteiger partial charge in [0.15, 0.2) is 0 Å². The quantitative estimate of drug-likeness (QED) is 0.655. The normalized spacial score (nSPS) is 14.4. The van der Waals surface area contributed by atoms with Crippen molar-refractivity contribution >= 4 is 15.9 Å². The number of rotatable bonds is 8. The minimum atomic E-state index is -3.92. The van der Waals surface area contributed by atoms with Crippen molar-refractivity contribution < 1.29 is 22.7 Å². The molecule has 0 heterocycles. The number of halogens is 1. The summed E-state index contributed by atoms with van der Waals surface area (Å²) in [5.41, 5.74) is 0. The van der Waals surface area contributed by atoms with Gasteiger partial charge in [0.25, 0.3) is 0 Å². The van der Waals surface area contributed by atoms with Gasteiger partial charge < -0.3 is 10.4 Å². The van der Waals surface area contributed by atoms with Crippen LogP contribution in [0.3, 0.4) is 0 Å². The largest absolute Gasteiger partial charge is 0.394 e. The van der Waals surface area contributed by atoms with Gasteiger partial charge in [-0.05, 0) is 37.1 Å². The van der Waals surface area contributed by atoms with Crippen molar-refractivity contribution in [3.8, 4) is 0 Å². The summed E-state index contributed by atoms with van der Waals surface area (Å²) in [6.07, 6.45) is 0.775. The van der Waals surface area contributed by atoms with Crippen LogP contribution in [0.25, 0.3) is 0 Å². The van der Waals surface area contributed by atoms with Crippen LogP contribution < -0.4 is 10.0 Å². The van der Waals surface area contributed by atoms with Gasteiger partial charge >= 0.3 is 0 Å². The van der Waals surface area contributed by atoms with Crippen molar-refractivity contribution in [1.82, 2.24) is 10.0 Å². The van der Waals surface area contributed by atoms with Crippen molar-refractivity contribution in [1.29, 1.82) is 0 Å². The Hall–Kier alpha value is -1.51. The van der Waals surface area contributed by atoms with Gasteiger partial charge in [0.2, 0.25) is 15.9 Å². The number of aliphatic hydroxyl groups is 1. The van der Waals surface area contributed by atoms with E-state index in [9.17, 15) is 17.6 Å². The monoisotopic (exact) mass is 332 g/mol. The van der Waals surface area contributed by atoms with Crippen LogP contribution in [0.2, 0.25) is 0 Å². The molecule has 0 aromatic heterocycles. The third-order valence-corrected chi connectivity index (χ3v) is 4.69. The fourth-order valence-electron chi connectivity index (χ4n) is 1.77. The first kappa shape index (κ1) is 18.5. The molecule has 6 nitrogen and oxygen atoms in total. The maximum Gasteiger partial charge on any atom is 0.241 e. The number of carbonyl (C=O) groups excluding carboxylic acids is 1. The topological polar surface area (TPSA) is 95.5 Å². The second-order valence-corrected chi connectivity index (χ2v) is 6.55. The minimum Gasteiger partial charge on any atom is -0.394 e. The van der Waals surface area contributed by atoms with Gasteiger partial charge in [-0.1, -0.05) is 13.8 Å². The highest BCUT2D eigenvalue weighted by molar-refractivity contribution is 7.89. The molecule has 0 fully saturated rings. The van der Waals surface area contributed by atoms with Gasteiger partial charge in [0.1, 0.15) is 11.9 Å². The predicted molar refractivity (Wildman–Crippen MR) is 80.1 cm³/mol. The van der Waals surface area contributed by atoms with Crippen LogP contribution >= 0.6 is 0 Å². The highest BCUT2D eigenvalue weighted by Crippen LogP contribution is 2.11. The van der Waals surface area contributed by atoms with Crippen LogP contribution in [0.15, 0.2) is 29.2 Å². The molecule has 0 aliphatic carbocycles. The SMILES string of the molecule is CCC(CO)NC(=O)C(CC)NS(=O)(=O)c1ccc(F)cc1. The molecule has 0 aliphatic heterocycles. The molecule has 0 spiro atoms. The molecule has 8 heteroatoms. The van der Waals surface area contributed by atoms with E-state index >= 15 is 0 Å². The smallest absolute Gasteiger partial charge is 0.241 e. The Morgan fingerprint density at radius 2 is 1.82 bits per heavy atom. The van der Waals surface area contributed by atoms with Crippen LogP contribution in [0.5, 0.6) is 0 Å². The number of hydrogen-bond donors (Lipinski definition) is 3. The Kier molecular flexibility index (Phi) is 6.92. The van der Waals surface area contributed by atoms with Gasteiger partial charge in [0.05, 0.1) is 17.5 Å². The lowest BCUT2D eigenvalue weighted by atomic mass is 10.2. The van der Waals surface area contributed by atoms with Gasteiger partial charge in [-0.25, -0.2) is 12.8 Å². The number of sulfonamides is 1. The molecule has 0 saturated carbocycles. The Balaban J connectivity index is 2.84. The standard InChI is InChI=1S/C14H21FN2O4S/c1-3-11(9-18)16-14(19)13(4-2)17-22(20,21)12-7-5-10(15)6-8-12/h5-8,11,13,17-18H,3-4,9H2,1-2H3,(H,16,19). The van der Waals surface area contributed by atoms with Crippen LogP contribution in [-0.2, 0) is 14.8 Å². The van der Waals surface area contributed by atoms with Crippen molar-refractivity contribution in [2.24, 2.45) is 0 Å². The molecule has 124 valence electrons. The van der Waals surface area contributed by atoms with Crippen LogP contribution in [0.1, 0.15) is 26.7 Å². The summed E-state index contributed by atoms with van der Waals surface area (Å²) in [5, 5.41) is 11.7. The molecule has 3 N–H and O–H groups in total. The third-order valence-electron chi connectivity index (χ3n) is 3.21. The van der Waals surface area contributed by atoms with E-state index in [4.69, 9.17) is 5.11 Å². The molecule has 0 aliphatic rings. The van der Waals surface area contributed by atoms with Gasteiger partial charge in [-0.15, -0.1) is 0 Å². The van der Waals surface area contributed by atoms with Gasteiger partial charge in [-0.3, -0.25) is 4.79 Å². The lowest BCUT2D eigenvalue weighted by molar-refractivity contribution is -0.123. The lowest BCUT2D eigenvalue weighted by Crippen LogP contribution is -2.50. The molecule has 1 aromatic carbocycles. The van der Waals surface area contributed by atoms with Crippen LogP contribution in [0.4, 0.5) is 4.39 Å². The zero-order valence-electron chi connectivity index (χ0n) is 12.5. The molecule has 1 rings (SSSR count). The summed E-state index contributed by atoms with van der Waals surface area (Å²) in [6.45, 7) is 3.24. The third kappa shape index (κ3) is 5.04. The fraction of sp³-hybridized carbons (Fsp3) is 0.500. The molecule has 2 unspecified atom stereocenters. The summed E-state index contributed by atoms with van der Waals surface area (Å²) in [4.78, 5) is 11.9. The minimum absolute atomic E-state index is 0.116. The summed E-state index contributed by atoms with van der Waals surface area (Å²) in [5.74, 6) is -1.05. The van der Waals surface area contributed by atoms with E-state index in [2.05, 4.69) is 10.0 Å². The lowest BCUT2D eigenvalue weighted by Gasteiger charge is -2.20. The van der Waals surface area contributed by atoms with E-state index in [1.165, 1.54) is 0 Å².